The van der Waals surface area contributed by atoms with Crippen molar-refractivity contribution in [3.8, 4) is 0 Å². The number of amides is 1. The van der Waals surface area contributed by atoms with Gasteiger partial charge < -0.3 is 9.42 Å². The zero-order valence-corrected chi connectivity index (χ0v) is 21.5. The van der Waals surface area contributed by atoms with Gasteiger partial charge in [0.1, 0.15) is 5.82 Å². The smallest absolute Gasteiger partial charge is 0.222 e. The highest BCUT2D eigenvalue weighted by atomic mass is 19.1. The van der Waals surface area contributed by atoms with E-state index in [9.17, 15) is 9.18 Å². The summed E-state index contributed by atoms with van der Waals surface area (Å²) in [6.07, 6.45) is 24.8. The van der Waals surface area contributed by atoms with E-state index in [1.165, 1.54) is 57.1 Å². The van der Waals surface area contributed by atoms with Gasteiger partial charge >= 0.3 is 0 Å². The van der Waals surface area contributed by atoms with Gasteiger partial charge in [0, 0.05) is 36.9 Å². The van der Waals surface area contributed by atoms with Crippen LogP contribution in [0.2, 0.25) is 0 Å². The third kappa shape index (κ3) is 9.27. The first-order valence-corrected chi connectivity index (χ1v) is 13.8. The Hall–Kier alpha value is -2.43. The lowest BCUT2D eigenvalue weighted by Crippen LogP contribution is -2.37. The molecule has 2 aromatic rings. The number of likely N-dealkylation sites (tertiary alicyclic amines) is 1. The van der Waals surface area contributed by atoms with E-state index in [2.05, 4.69) is 36.4 Å². The summed E-state index contributed by atoms with van der Waals surface area (Å²) < 4.78 is 18.7. The van der Waals surface area contributed by atoms with Crippen LogP contribution in [0.4, 0.5) is 4.39 Å². The maximum Gasteiger partial charge on any atom is 0.222 e. The van der Waals surface area contributed by atoms with Crippen LogP contribution in [0.1, 0.15) is 108 Å². The van der Waals surface area contributed by atoms with E-state index < -0.39 is 0 Å². The second-order valence-corrected chi connectivity index (χ2v) is 9.84. The number of hydrogen-bond acceptors (Lipinski definition) is 3. The molecule has 1 aliphatic heterocycles. The van der Waals surface area contributed by atoms with Crippen LogP contribution in [0.25, 0.3) is 11.0 Å². The van der Waals surface area contributed by atoms with E-state index in [-0.39, 0.29) is 17.6 Å². The van der Waals surface area contributed by atoms with Crippen molar-refractivity contribution in [2.45, 2.75) is 103 Å². The van der Waals surface area contributed by atoms with Crippen LogP contribution >= 0.6 is 0 Å². The third-order valence-corrected chi connectivity index (χ3v) is 7.04. The molecule has 35 heavy (non-hydrogen) atoms. The van der Waals surface area contributed by atoms with Gasteiger partial charge in [-0.1, -0.05) is 68.5 Å². The molecule has 1 amide bonds. The number of unbranched alkanes of at least 4 members (excludes halogenated alkanes) is 8. The molecule has 1 fully saturated rings. The predicted octanol–water partition coefficient (Wildman–Crippen LogP) is 8.49. The fraction of sp³-hybridized carbons (Fsp3) is 0.600. The summed E-state index contributed by atoms with van der Waals surface area (Å²) in [5.74, 6) is 0.233. The predicted molar refractivity (Wildman–Crippen MR) is 142 cm³/mol. The standard InChI is InChI=1S/C30H43FN2O2/c1-2-3-4-5-6-7-8-9-10-11-12-13-14-15-16-17-29(34)33-22-20-25(21-23-33)30-27-19-18-26(31)24-28(27)35-32-30/h6-7,9-10,18-19,24-25H,2-5,8,11-17,20-23H2,1H3/b7-6+,10-9+. The quantitative estimate of drug-likeness (QED) is 0.189. The minimum Gasteiger partial charge on any atom is -0.356 e. The molecule has 0 N–H and O–H groups in total. The minimum atomic E-state index is -0.311. The highest BCUT2D eigenvalue weighted by Gasteiger charge is 2.27. The van der Waals surface area contributed by atoms with Crippen molar-refractivity contribution >= 4 is 16.9 Å². The summed E-state index contributed by atoms with van der Waals surface area (Å²) in [4.78, 5) is 14.6. The average molecular weight is 483 g/mol. The molecular formula is C30H43FN2O2. The average Bonchev–Trinajstić information content (AvgIpc) is 3.29. The molecule has 1 aromatic carbocycles. The van der Waals surface area contributed by atoms with Gasteiger partial charge in [-0.3, -0.25) is 4.79 Å². The third-order valence-electron chi connectivity index (χ3n) is 7.04. The topological polar surface area (TPSA) is 46.3 Å². The van der Waals surface area contributed by atoms with E-state index in [0.717, 1.165) is 62.7 Å². The normalized spacial score (nSPS) is 15.2. The van der Waals surface area contributed by atoms with Crippen LogP contribution < -0.4 is 0 Å². The van der Waals surface area contributed by atoms with Crippen molar-refractivity contribution in [2.75, 3.05) is 13.1 Å². The number of nitrogens with zero attached hydrogens (tertiary/aromatic N) is 2. The van der Waals surface area contributed by atoms with Crippen molar-refractivity contribution in [2.24, 2.45) is 0 Å². The number of halogens is 1. The Morgan fingerprint density at radius 1 is 1.00 bits per heavy atom. The molecular weight excluding hydrogens is 439 g/mol. The van der Waals surface area contributed by atoms with Crippen LogP contribution in [-0.2, 0) is 4.79 Å². The van der Waals surface area contributed by atoms with Crippen LogP contribution in [0.3, 0.4) is 0 Å². The van der Waals surface area contributed by atoms with Gasteiger partial charge in [0.2, 0.25) is 5.91 Å². The Morgan fingerprint density at radius 2 is 1.69 bits per heavy atom. The van der Waals surface area contributed by atoms with Crippen molar-refractivity contribution in [1.82, 2.24) is 10.1 Å². The number of carbonyl (C=O) groups is 1. The maximum absolute atomic E-state index is 13.4. The van der Waals surface area contributed by atoms with Crippen LogP contribution in [-0.4, -0.2) is 29.1 Å². The molecule has 4 nitrogen and oxygen atoms in total. The van der Waals surface area contributed by atoms with E-state index in [1.807, 2.05) is 4.90 Å². The molecule has 0 spiro atoms. The molecule has 0 atom stereocenters. The molecule has 0 bridgehead atoms. The number of benzene rings is 1. The van der Waals surface area contributed by atoms with Gasteiger partial charge in [-0.05, 0) is 63.5 Å². The first-order valence-electron chi connectivity index (χ1n) is 13.8. The van der Waals surface area contributed by atoms with Crippen molar-refractivity contribution < 1.29 is 13.7 Å². The number of piperidine rings is 1. The zero-order valence-electron chi connectivity index (χ0n) is 21.5. The Morgan fingerprint density at radius 3 is 2.43 bits per heavy atom. The van der Waals surface area contributed by atoms with Gasteiger partial charge in [0.15, 0.2) is 5.58 Å². The number of aromatic nitrogens is 1. The van der Waals surface area contributed by atoms with Gasteiger partial charge in [-0.15, -0.1) is 0 Å². The number of hydrogen-bond donors (Lipinski definition) is 0. The fourth-order valence-corrected chi connectivity index (χ4v) is 4.87. The molecule has 1 aliphatic rings. The highest BCUT2D eigenvalue weighted by molar-refractivity contribution is 5.80. The monoisotopic (exact) mass is 482 g/mol. The minimum absolute atomic E-state index is 0.265. The van der Waals surface area contributed by atoms with Gasteiger partial charge in [-0.2, -0.15) is 0 Å². The maximum atomic E-state index is 13.4. The first-order chi connectivity index (χ1) is 17.2. The second kappa shape index (κ2) is 15.5. The molecule has 0 unspecified atom stereocenters. The second-order valence-electron chi connectivity index (χ2n) is 9.84. The number of rotatable bonds is 15. The molecule has 192 valence electrons. The summed E-state index contributed by atoms with van der Waals surface area (Å²) >= 11 is 0. The lowest BCUT2D eigenvalue weighted by molar-refractivity contribution is -0.132. The van der Waals surface area contributed by atoms with Crippen LogP contribution in [0.15, 0.2) is 47.0 Å². The Bertz CT molecular complexity index is 941. The lowest BCUT2D eigenvalue weighted by Gasteiger charge is -2.31. The first kappa shape index (κ1) is 27.2. The van der Waals surface area contributed by atoms with Gasteiger partial charge in [0.05, 0.1) is 5.69 Å². The molecule has 5 heteroatoms. The van der Waals surface area contributed by atoms with Crippen LogP contribution in [0, 0.1) is 5.82 Å². The van der Waals surface area contributed by atoms with Gasteiger partial charge in [-0.25, -0.2) is 4.39 Å². The Labute approximate surface area is 210 Å². The van der Waals surface area contributed by atoms with Crippen molar-refractivity contribution in [3.63, 3.8) is 0 Å². The van der Waals surface area contributed by atoms with Crippen molar-refractivity contribution in [3.05, 3.63) is 54.0 Å². The molecule has 0 aliphatic carbocycles. The van der Waals surface area contributed by atoms with Crippen molar-refractivity contribution in [1.29, 1.82) is 0 Å². The van der Waals surface area contributed by atoms with E-state index in [1.54, 1.807) is 6.07 Å². The van der Waals surface area contributed by atoms with Crippen LogP contribution in [0.5, 0.6) is 0 Å². The molecule has 2 heterocycles. The van der Waals surface area contributed by atoms with E-state index >= 15 is 0 Å². The molecule has 0 saturated carbocycles. The largest absolute Gasteiger partial charge is 0.356 e. The highest BCUT2D eigenvalue weighted by Crippen LogP contribution is 2.33. The van der Waals surface area contributed by atoms with Gasteiger partial charge in [0.25, 0.3) is 0 Å². The SMILES string of the molecule is CCCCC/C=C/C/C=C/CCCCCCCC(=O)N1CCC(c2noc3cc(F)ccc23)CC1. The number of fused-ring (bicyclic) bond motifs is 1. The molecule has 1 saturated heterocycles. The number of carbonyl (C=O) groups excluding carboxylic acids is 1. The molecule has 0 radical (unpaired) electrons. The molecule has 1 aromatic heterocycles. The Kier molecular flexibility index (Phi) is 12.1. The fourth-order valence-electron chi connectivity index (χ4n) is 4.87. The summed E-state index contributed by atoms with van der Waals surface area (Å²) in [5, 5.41) is 5.09. The summed E-state index contributed by atoms with van der Waals surface area (Å²) in [6, 6.07) is 4.58. The van der Waals surface area contributed by atoms with E-state index in [4.69, 9.17) is 4.52 Å². The Balaban J connectivity index is 1.20. The van der Waals surface area contributed by atoms with E-state index in [0.29, 0.717) is 12.0 Å². The molecule has 3 rings (SSSR count). The lowest BCUT2D eigenvalue weighted by atomic mass is 9.91. The summed E-state index contributed by atoms with van der Waals surface area (Å²) in [6.45, 7) is 3.77. The number of allylic oxidation sites excluding steroid dienone is 4. The summed E-state index contributed by atoms with van der Waals surface area (Å²) in [5.41, 5.74) is 1.40. The zero-order chi connectivity index (χ0) is 24.7. The summed E-state index contributed by atoms with van der Waals surface area (Å²) in [7, 11) is 0.